The van der Waals surface area contributed by atoms with Gasteiger partial charge in [-0.2, -0.15) is 0 Å². The number of fused-ring (bicyclic) bond motifs is 1. The Balaban J connectivity index is 2.70. The lowest BCUT2D eigenvalue weighted by atomic mass is 10.1. The molecular formula is C10H12N2OS. The third-order valence-electron chi connectivity index (χ3n) is 2.08. The molecule has 0 bridgehead atoms. The van der Waals surface area contributed by atoms with Gasteiger partial charge in [0.05, 0.1) is 12.3 Å². The molecule has 2 heterocycles. The van der Waals surface area contributed by atoms with E-state index in [-0.39, 0.29) is 0 Å². The number of nitrogens with two attached hydrogens (primary N) is 1. The third kappa shape index (κ3) is 1.47. The minimum Gasteiger partial charge on any atom is -0.397 e. The number of hydrogen-bond acceptors (Lipinski definition) is 4. The van der Waals surface area contributed by atoms with Crippen molar-refractivity contribution in [2.45, 2.75) is 13.5 Å². The van der Waals surface area contributed by atoms with Crippen LogP contribution in [0.5, 0.6) is 0 Å². The lowest BCUT2D eigenvalue weighted by Gasteiger charge is -2.04. The van der Waals surface area contributed by atoms with E-state index in [9.17, 15) is 0 Å². The van der Waals surface area contributed by atoms with Crippen molar-refractivity contribution in [3.05, 3.63) is 22.7 Å². The number of hydrogen-bond donors (Lipinski definition) is 1. The predicted molar refractivity (Wildman–Crippen MR) is 59.5 cm³/mol. The van der Waals surface area contributed by atoms with Crippen LogP contribution in [0.2, 0.25) is 0 Å². The number of thiophene rings is 1. The second-order valence-electron chi connectivity index (χ2n) is 3.23. The molecule has 2 aromatic rings. The van der Waals surface area contributed by atoms with Gasteiger partial charge in [-0.15, -0.1) is 11.3 Å². The molecule has 0 aromatic carbocycles. The summed E-state index contributed by atoms with van der Waals surface area (Å²) in [6.45, 7) is 2.56. The summed E-state index contributed by atoms with van der Waals surface area (Å²) in [4.78, 5) is 5.42. The number of nitrogens with zero attached hydrogens (tertiary/aromatic N) is 1. The van der Waals surface area contributed by atoms with Crippen molar-refractivity contribution in [1.29, 1.82) is 0 Å². The molecule has 2 N–H and O–H groups in total. The van der Waals surface area contributed by atoms with Gasteiger partial charge in [-0.1, -0.05) is 0 Å². The van der Waals surface area contributed by atoms with E-state index in [2.05, 4.69) is 4.98 Å². The van der Waals surface area contributed by atoms with E-state index >= 15 is 0 Å². The number of rotatable bonds is 2. The van der Waals surface area contributed by atoms with Crippen LogP contribution in [0.1, 0.15) is 11.3 Å². The Kier molecular flexibility index (Phi) is 2.39. The Hall–Kier alpha value is -1.13. The highest BCUT2D eigenvalue weighted by Crippen LogP contribution is 2.30. The van der Waals surface area contributed by atoms with Gasteiger partial charge in [0.15, 0.2) is 0 Å². The zero-order valence-electron chi connectivity index (χ0n) is 8.20. The number of nitrogen functional groups attached to an aromatic ring is 1. The van der Waals surface area contributed by atoms with Crippen molar-refractivity contribution >= 4 is 27.2 Å². The molecule has 2 aromatic heterocycles. The van der Waals surface area contributed by atoms with Crippen molar-refractivity contribution < 1.29 is 4.74 Å². The summed E-state index contributed by atoms with van der Waals surface area (Å²) in [5, 5.41) is 2.97. The SMILES string of the molecule is COCc1cc(C)nc2scc(N)c12. The van der Waals surface area contributed by atoms with E-state index in [1.165, 1.54) is 0 Å². The van der Waals surface area contributed by atoms with Crippen LogP contribution in [0, 0.1) is 6.92 Å². The Labute approximate surface area is 86.5 Å². The molecule has 0 radical (unpaired) electrons. The third-order valence-corrected chi connectivity index (χ3v) is 2.97. The molecule has 0 aliphatic heterocycles. The van der Waals surface area contributed by atoms with E-state index < -0.39 is 0 Å². The van der Waals surface area contributed by atoms with Crippen molar-refractivity contribution in [3.63, 3.8) is 0 Å². The Morgan fingerprint density at radius 1 is 1.57 bits per heavy atom. The fourth-order valence-corrected chi connectivity index (χ4v) is 2.47. The van der Waals surface area contributed by atoms with Gasteiger partial charge in [0, 0.05) is 23.6 Å². The highest BCUT2D eigenvalue weighted by Gasteiger charge is 2.08. The summed E-state index contributed by atoms with van der Waals surface area (Å²) >= 11 is 1.58. The molecule has 0 saturated carbocycles. The van der Waals surface area contributed by atoms with E-state index in [0.29, 0.717) is 6.61 Å². The molecular weight excluding hydrogens is 196 g/mol. The van der Waals surface area contributed by atoms with Crippen LogP contribution >= 0.6 is 11.3 Å². The first-order chi connectivity index (χ1) is 6.72. The molecule has 14 heavy (non-hydrogen) atoms. The number of anilines is 1. The standard InChI is InChI=1S/C10H12N2OS/c1-6-3-7(4-13-2)9-8(11)5-14-10(9)12-6/h3,5H,4,11H2,1-2H3. The molecule has 0 aliphatic carbocycles. The maximum Gasteiger partial charge on any atom is 0.126 e. The first kappa shape index (κ1) is 9.43. The van der Waals surface area contributed by atoms with Gasteiger partial charge in [0.1, 0.15) is 4.83 Å². The monoisotopic (exact) mass is 208 g/mol. The molecule has 0 fully saturated rings. The number of aryl methyl sites for hydroxylation is 1. The van der Waals surface area contributed by atoms with Crippen LogP contribution in [0.4, 0.5) is 5.69 Å². The summed E-state index contributed by atoms with van der Waals surface area (Å²) in [5.41, 5.74) is 8.79. The fourth-order valence-electron chi connectivity index (χ4n) is 1.55. The van der Waals surface area contributed by atoms with Gasteiger partial charge in [-0.05, 0) is 18.6 Å². The summed E-state index contributed by atoms with van der Waals surface area (Å²) in [7, 11) is 1.68. The van der Waals surface area contributed by atoms with Crippen molar-refractivity contribution in [2.24, 2.45) is 0 Å². The molecule has 3 nitrogen and oxygen atoms in total. The molecule has 0 spiro atoms. The van der Waals surface area contributed by atoms with Crippen molar-refractivity contribution in [1.82, 2.24) is 4.98 Å². The number of methoxy groups -OCH3 is 1. The molecule has 2 rings (SSSR count). The van der Waals surface area contributed by atoms with E-state index in [0.717, 1.165) is 27.2 Å². The van der Waals surface area contributed by atoms with Crippen molar-refractivity contribution in [2.75, 3.05) is 12.8 Å². The van der Waals surface area contributed by atoms with Crippen LogP contribution < -0.4 is 5.73 Å². The number of aromatic nitrogens is 1. The quantitative estimate of drug-likeness (QED) is 0.824. The summed E-state index contributed by atoms with van der Waals surface area (Å²) < 4.78 is 5.14. The van der Waals surface area contributed by atoms with E-state index in [1.807, 2.05) is 18.4 Å². The van der Waals surface area contributed by atoms with Crippen LogP contribution in [-0.2, 0) is 11.3 Å². The number of ether oxygens (including phenoxy) is 1. The van der Waals surface area contributed by atoms with E-state index in [1.54, 1.807) is 18.4 Å². The predicted octanol–water partition coefficient (Wildman–Crippen LogP) is 2.33. The average Bonchev–Trinajstić information content (AvgIpc) is 2.48. The summed E-state index contributed by atoms with van der Waals surface area (Å²) in [6, 6.07) is 2.02. The zero-order chi connectivity index (χ0) is 10.1. The van der Waals surface area contributed by atoms with Gasteiger partial charge < -0.3 is 10.5 Å². The summed E-state index contributed by atoms with van der Waals surface area (Å²) in [5.74, 6) is 0. The molecule has 0 atom stereocenters. The van der Waals surface area contributed by atoms with Crippen LogP contribution in [-0.4, -0.2) is 12.1 Å². The maximum absolute atomic E-state index is 5.87. The topological polar surface area (TPSA) is 48.1 Å². The largest absolute Gasteiger partial charge is 0.397 e. The van der Waals surface area contributed by atoms with Gasteiger partial charge in [-0.25, -0.2) is 4.98 Å². The summed E-state index contributed by atoms with van der Waals surface area (Å²) in [6.07, 6.45) is 0. The normalized spacial score (nSPS) is 11.0. The molecule has 0 unspecified atom stereocenters. The zero-order valence-corrected chi connectivity index (χ0v) is 9.02. The highest BCUT2D eigenvalue weighted by atomic mass is 32.1. The van der Waals surface area contributed by atoms with Gasteiger partial charge >= 0.3 is 0 Å². The first-order valence-corrected chi connectivity index (χ1v) is 5.22. The van der Waals surface area contributed by atoms with Crippen LogP contribution in [0.25, 0.3) is 10.2 Å². The molecule has 0 amide bonds. The lowest BCUT2D eigenvalue weighted by molar-refractivity contribution is 0.186. The second kappa shape index (κ2) is 3.55. The lowest BCUT2D eigenvalue weighted by Crippen LogP contribution is -1.94. The van der Waals surface area contributed by atoms with Gasteiger partial charge in [-0.3, -0.25) is 0 Å². The molecule has 4 heteroatoms. The highest BCUT2D eigenvalue weighted by molar-refractivity contribution is 7.17. The van der Waals surface area contributed by atoms with Gasteiger partial charge in [0.2, 0.25) is 0 Å². The van der Waals surface area contributed by atoms with Crippen molar-refractivity contribution in [3.8, 4) is 0 Å². The second-order valence-corrected chi connectivity index (χ2v) is 4.09. The van der Waals surface area contributed by atoms with E-state index in [4.69, 9.17) is 10.5 Å². The van der Waals surface area contributed by atoms with Crippen LogP contribution in [0.3, 0.4) is 0 Å². The van der Waals surface area contributed by atoms with Gasteiger partial charge in [0.25, 0.3) is 0 Å². The average molecular weight is 208 g/mol. The Morgan fingerprint density at radius 3 is 3.07 bits per heavy atom. The number of pyridine rings is 1. The maximum atomic E-state index is 5.87. The Bertz CT molecular complexity index is 464. The van der Waals surface area contributed by atoms with Crippen LogP contribution in [0.15, 0.2) is 11.4 Å². The molecule has 0 saturated heterocycles. The molecule has 0 aliphatic rings. The minimum absolute atomic E-state index is 0.584. The fraction of sp³-hybridized carbons (Fsp3) is 0.300. The molecule has 74 valence electrons. The first-order valence-electron chi connectivity index (χ1n) is 4.34. The Morgan fingerprint density at radius 2 is 2.36 bits per heavy atom. The smallest absolute Gasteiger partial charge is 0.126 e. The minimum atomic E-state index is 0.584.